The third kappa shape index (κ3) is 3.96. The van der Waals surface area contributed by atoms with Gasteiger partial charge in [-0.05, 0) is 50.3 Å². The summed E-state index contributed by atoms with van der Waals surface area (Å²) in [5, 5.41) is 3.24. The number of hydrogen-bond acceptors (Lipinski definition) is 5. The second-order valence-corrected chi connectivity index (χ2v) is 8.36. The Morgan fingerprint density at radius 2 is 2.06 bits per heavy atom. The van der Waals surface area contributed by atoms with Crippen LogP contribution >= 0.6 is 12.2 Å². The number of nitrogens with zero attached hydrogens (tertiary/aromatic N) is 1. The Morgan fingerprint density at radius 3 is 2.74 bits per heavy atom. The minimum atomic E-state index is -4.56. The lowest BCUT2D eigenvalue weighted by atomic mass is 9.79. The molecule has 6 nitrogen and oxygen atoms in total. The molecule has 4 rings (SSSR count). The van der Waals surface area contributed by atoms with Gasteiger partial charge in [-0.15, -0.1) is 0 Å². The molecule has 2 aliphatic rings. The summed E-state index contributed by atoms with van der Waals surface area (Å²) in [6.07, 6.45) is -3.13. The lowest BCUT2D eigenvalue weighted by Gasteiger charge is -2.55. The van der Waals surface area contributed by atoms with Crippen molar-refractivity contribution >= 4 is 29.0 Å². The zero-order valence-corrected chi connectivity index (χ0v) is 19.3. The third-order valence-corrected chi connectivity index (χ3v) is 6.12. The van der Waals surface area contributed by atoms with Gasteiger partial charge >= 0.3 is 12.1 Å². The van der Waals surface area contributed by atoms with Gasteiger partial charge in [0.25, 0.3) is 0 Å². The Kier molecular flexibility index (Phi) is 6.20. The van der Waals surface area contributed by atoms with Gasteiger partial charge in [0.15, 0.2) is 16.6 Å². The Morgan fingerprint density at radius 1 is 1.32 bits per heavy atom. The number of nitrogens with one attached hydrogen (secondary N) is 1. The number of esters is 1. The molecular weight excluding hydrogens is 469 g/mol. The molecule has 2 aliphatic heterocycles. The number of halogens is 3. The molecule has 2 aromatic rings. The molecular formula is C24H23F3N2O4S. The molecule has 0 amide bonds. The summed E-state index contributed by atoms with van der Waals surface area (Å²) in [6.45, 7) is 7.34. The van der Waals surface area contributed by atoms with Gasteiger partial charge in [-0.1, -0.05) is 30.9 Å². The number of hydrogen-bond donors (Lipinski definition) is 1. The fraction of sp³-hybridized carbons (Fsp3) is 0.333. The van der Waals surface area contributed by atoms with Gasteiger partial charge < -0.3 is 19.5 Å². The van der Waals surface area contributed by atoms with E-state index in [0.29, 0.717) is 23.7 Å². The number of alkyl halides is 3. The summed E-state index contributed by atoms with van der Waals surface area (Å²) < 4.78 is 57.9. The molecule has 2 heterocycles. The summed E-state index contributed by atoms with van der Waals surface area (Å²) >= 11 is 5.57. The highest BCUT2D eigenvalue weighted by Crippen LogP contribution is 2.52. The van der Waals surface area contributed by atoms with Crippen LogP contribution in [0.5, 0.6) is 11.5 Å². The molecule has 3 atom stereocenters. The average molecular weight is 493 g/mol. The van der Waals surface area contributed by atoms with Crippen LogP contribution in [0.3, 0.4) is 0 Å². The summed E-state index contributed by atoms with van der Waals surface area (Å²) in [5.41, 5.74) is -1.62. The molecule has 0 aliphatic carbocycles. The predicted octanol–water partition coefficient (Wildman–Crippen LogP) is 4.99. The average Bonchev–Trinajstić information content (AvgIpc) is 2.77. The second-order valence-electron chi connectivity index (χ2n) is 7.97. The molecule has 0 spiro atoms. The summed E-state index contributed by atoms with van der Waals surface area (Å²) in [6, 6.07) is 9.33. The molecule has 1 saturated heterocycles. The number of carbonyl (C=O) groups is 1. The van der Waals surface area contributed by atoms with E-state index in [1.165, 1.54) is 23.1 Å². The molecule has 2 aromatic carbocycles. The molecule has 10 heteroatoms. The van der Waals surface area contributed by atoms with Crippen LogP contribution in [0.2, 0.25) is 0 Å². The minimum Gasteiger partial charge on any atom is -0.490 e. The van der Waals surface area contributed by atoms with Gasteiger partial charge in [-0.3, -0.25) is 9.69 Å². The number of fused-ring (bicyclic) bond motifs is 4. The fourth-order valence-electron chi connectivity index (χ4n) is 4.44. The van der Waals surface area contributed by atoms with Crippen LogP contribution in [0.15, 0.2) is 55.1 Å². The Hall–Kier alpha value is -3.27. The van der Waals surface area contributed by atoms with E-state index >= 15 is 0 Å². The van der Waals surface area contributed by atoms with E-state index in [1.54, 1.807) is 25.1 Å². The smallest absolute Gasteiger partial charge is 0.416 e. The van der Waals surface area contributed by atoms with Gasteiger partial charge in [0.1, 0.15) is 12.5 Å². The Bertz CT molecular complexity index is 1140. The van der Waals surface area contributed by atoms with Crippen molar-refractivity contribution in [1.29, 1.82) is 0 Å². The van der Waals surface area contributed by atoms with E-state index in [9.17, 15) is 18.0 Å². The quantitative estimate of drug-likeness (QED) is 0.346. The van der Waals surface area contributed by atoms with Crippen LogP contribution in [-0.2, 0) is 15.7 Å². The van der Waals surface area contributed by atoms with Crippen molar-refractivity contribution in [3.8, 4) is 11.5 Å². The number of para-hydroxylation sites is 1. The second kappa shape index (κ2) is 8.83. The molecule has 0 saturated carbocycles. The molecule has 0 radical (unpaired) electrons. The first-order chi connectivity index (χ1) is 16.1. The monoisotopic (exact) mass is 492 g/mol. The summed E-state index contributed by atoms with van der Waals surface area (Å²) in [4.78, 5) is 14.6. The maximum Gasteiger partial charge on any atom is 0.416 e. The van der Waals surface area contributed by atoms with Gasteiger partial charge in [0.2, 0.25) is 5.72 Å². The van der Waals surface area contributed by atoms with Crippen LogP contribution in [0, 0.1) is 5.92 Å². The van der Waals surface area contributed by atoms with E-state index < -0.39 is 35.4 Å². The fourth-order valence-corrected chi connectivity index (χ4v) is 4.85. The number of benzene rings is 2. The standard InChI is InChI=1S/C24H23F3N2O4S/c1-4-12-32-21(30)18-19-16-10-7-11-17(31-5-2)20(16)33-23(18,3)29(22(34)28-19)15-9-6-8-14(13-15)24(25,26)27/h4,6-11,13,18-19H,1,5,12H2,2-3H3,(H,28,34). The van der Waals surface area contributed by atoms with Gasteiger partial charge in [0, 0.05) is 11.3 Å². The van der Waals surface area contributed by atoms with E-state index in [1.807, 2.05) is 6.92 Å². The van der Waals surface area contributed by atoms with Gasteiger partial charge in [0.05, 0.1) is 18.2 Å². The number of anilines is 1. The van der Waals surface area contributed by atoms with Crippen molar-refractivity contribution in [1.82, 2.24) is 5.32 Å². The minimum absolute atomic E-state index is 0.0298. The lowest BCUT2D eigenvalue weighted by molar-refractivity contribution is -0.159. The van der Waals surface area contributed by atoms with Crippen molar-refractivity contribution in [2.45, 2.75) is 31.8 Å². The first kappa shape index (κ1) is 23.9. The van der Waals surface area contributed by atoms with E-state index in [-0.39, 0.29) is 17.4 Å². The van der Waals surface area contributed by atoms with Crippen LogP contribution in [0.25, 0.3) is 0 Å². The summed E-state index contributed by atoms with van der Waals surface area (Å²) in [7, 11) is 0. The first-order valence-corrected chi connectivity index (χ1v) is 11.0. The zero-order chi connectivity index (χ0) is 24.7. The number of ether oxygens (including phenoxy) is 3. The Balaban J connectivity index is 1.89. The van der Waals surface area contributed by atoms with Gasteiger partial charge in [-0.2, -0.15) is 13.2 Å². The largest absolute Gasteiger partial charge is 0.490 e. The number of rotatable bonds is 6. The highest BCUT2D eigenvalue weighted by atomic mass is 32.1. The molecule has 2 bridgehead atoms. The van der Waals surface area contributed by atoms with Crippen molar-refractivity contribution in [3.63, 3.8) is 0 Å². The highest BCUT2D eigenvalue weighted by molar-refractivity contribution is 7.80. The van der Waals surface area contributed by atoms with Crippen molar-refractivity contribution in [2.24, 2.45) is 5.92 Å². The first-order valence-electron chi connectivity index (χ1n) is 10.6. The predicted molar refractivity (Wildman–Crippen MR) is 124 cm³/mol. The van der Waals surface area contributed by atoms with E-state index in [2.05, 4.69) is 11.9 Å². The molecule has 1 fully saturated rings. The van der Waals surface area contributed by atoms with Crippen molar-refractivity contribution in [3.05, 3.63) is 66.2 Å². The van der Waals surface area contributed by atoms with Crippen LogP contribution < -0.4 is 19.7 Å². The summed E-state index contributed by atoms with van der Waals surface area (Å²) in [5.74, 6) is -0.741. The SMILES string of the molecule is C=CCOC(=O)C1C2NC(=S)N(c3cccc(C(F)(F)F)c3)C1(C)Oc1c(OCC)cccc12. The topological polar surface area (TPSA) is 60.0 Å². The highest BCUT2D eigenvalue weighted by Gasteiger charge is 2.60. The molecule has 1 N–H and O–H groups in total. The van der Waals surface area contributed by atoms with Crippen LogP contribution in [0.4, 0.5) is 18.9 Å². The maximum atomic E-state index is 13.5. The molecule has 0 aromatic heterocycles. The molecule has 3 unspecified atom stereocenters. The van der Waals surface area contributed by atoms with Crippen LogP contribution in [-0.4, -0.2) is 30.0 Å². The Labute approximate surface area is 200 Å². The van der Waals surface area contributed by atoms with Gasteiger partial charge in [-0.25, -0.2) is 0 Å². The number of carbonyl (C=O) groups excluding carboxylic acids is 1. The molecule has 34 heavy (non-hydrogen) atoms. The third-order valence-electron chi connectivity index (χ3n) is 5.82. The van der Waals surface area contributed by atoms with Crippen molar-refractivity contribution < 1.29 is 32.2 Å². The van der Waals surface area contributed by atoms with Crippen molar-refractivity contribution in [2.75, 3.05) is 18.1 Å². The zero-order valence-electron chi connectivity index (χ0n) is 18.5. The van der Waals surface area contributed by atoms with Crippen LogP contribution in [0.1, 0.15) is 31.0 Å². The number of thiocarbonyl (C=S) groups is 1. The van der Waals surface area contributed by atoms with E-state index in [0.717, 1.165) is 12.1 Å². The lowest BCUT2D eigenvalue weighted by Crippen LogP contribution is -2.71. The normalized spacial score (nSPS) is 23.3. The maximum absolute atomic E-state index is 13.5. The van der Waals surface area contributed by atoms with E-state index in [4.69, 9.17) is 26.4 Å². The molecule has 180 valence electrons.